The van der Waals surface area contributed by atoms with Crippen molar-refractivity contribution < 1.29 is 19.8 Å². The second-order valence-electron chi connectivity index (χ2n) is 4.65. The molecule has 3 N–H and O–H groups in total. The highest BCUT2D eigenvalue weighted by atomic mass is 35.5. The van der Waals surface area contributed by atoms with Crippen LogP contribution >= 0.6 is 11.6 Å². The van der Waals surface area contributed by atoms with Gasteiger partial charge in [0.05, 0.1) is 6.10 Å². The highest BCUT2D eigenvalue weighted by Gasteiger charge is 2.22. The maximum atomic E-state index is 11.1. The number of anilines is 1. The van der Waals surface area contributed by atoms with Gasteiger partial charge in [-0.05, 0) is 30.2 Å². The SMILES string of the molecule is O=C(O)C(=O)NCc1cc(Cl)ccc1N1CCC(O)C1. The van der Waals surface area contributed by atoms with Crippen molar-refractivity contribution in [2.24, 2.45) is 0 Å². The zero-order valence-corrected chi connectivity index (χ0v) is 11.4. The van der Waals surface area contributed by atoms with Crippen molar-refractivity contribution in [3.05, 3.63) is 28.8 Å². The van der Waals surface area contributed by atoms with Crippen LogP contribution in [0.5, 0.6) is 0 Å². The molecule has 1 aromatic carbocycles. The summed E-state index contributed by atoms with van der Waals surface area (Å²) >= 11 is 5.93. The van der Waals surface area contributed by atoms with Crippen molar-refractivity contribution in [3.63, 3.8) is 0 Å². The molecule has 1 aliphatic rings. The van der Waals surface area contributed by atoms with E-state index in [2.05, 4.69) is 5.32 Å². The number of halogens is 1. The molecule has 1 fully saturated rings. The maximum absolute atomic E-state index is 11.1. The molecule has 1 amide bonds. The summed E-state index contributed by atoms with van der Waals surface area (Å²) in [5.41, 5.74) is 1.57. The van der Waals surface area contributed by atoms with Crippen LogP contribution in [0, 0.1) is 0 Å². The van der Waals surface area contributed by atoms with Gasteiger partial charge < -0.3 is 20.4 Å². The second kappa shape index (κ2) is 6.11. The van der Waals surface area contributed by atoms with E-state index in [0.29, 0.717) is 24.5 Å². The minimum absolute atomic E-state index is 0.0770. The van der Waals surface area contributed by atoms with Crippen molar-refractivity contribution in [2.45, 2.75) is 19.1 Å². The van der Waals surface area contributed by atoms with Crippen molar-refractivity contribution in [1.29, 1.82) is 0 Å². The van der Waals surface area contributed by atoms with Crippen molar-refractivity contribution in [3.8, 4) is 0 Å². The van der Waals surface area contributed by atoms with Crippen LogP contribution in [0.25, 0.3) is 0 Å². The van der Waals surface area contributed by atoms with Crippen LogP contribution in [0.4, 0.5) is 5.69 Å². The van der Waals surface area contributed by atoms with Crippen LogP contribution in [0.15, 0.2) is 18.2 Å². The highest BCUT2D eigenvalue weighted by Crippen LogP contribution is 2.27. The molecule has 1 heterocycles. The van der Waals surface area contributed by atoms with Crippen LogP contribution < -0.4 is 10.2 Å². The van der Waals surface area contributed by atoms with Crippen LogP contribution in [0.2, 0.25) is 5.02 Å². The van der Waals surface area contributed by atoms with Gasteiger partial charge in [-0.2, -0.15) is 0 Å². The number of aliphatic hydroxyl groups is 1. The Hall–Kier alpha value is -1.79. The van der Waals surface area contributed by atoms with Crippen LogP contribution in [-0.2, 0) is 16.1 Å². The van der Waals surface area contributed by atoms with Gasteiger partial charge in [-0.25, -0.2) is 4.79 Å². The molecular formula is C13H15ClN2O4. The summed E-state index contributed by atoms with van der Waals surface area (Å²) in [5.74, 6) is -2.58. The van der Waals surface area contributed by atoms with Gasteiger partial charge in [-0.15, -0.1) is 0 Å². The lowest BCUT2D eigenvalue weighted by molar-refractivity contribution is -0.150. The summed E-state index contributed by atoms with van der Waals surface area (Å²) < 4.78 is 0. The van der Waals surface area contributed by atoms with Gasteiger partial charge in [0.1, 0.15) is 0 Å². The Morgan fingerprint density at radius 3 is 2.80 bits per heavy atom. The molecule has 1 aliphatic heterocycles. The van der Waals surface area contributed by atoms with E-state index in [0.717, 1.165) is 11.3 Å². The number of nitrogens with one attached hydrogen (secondary N) is 1. The molecule has 0 bridgehead atoms. The van der Waals surface area contributed by atoms with Crippen LogP contribution in [-0.4, -0.2) is 41.3 Å². The van der Waals surface area contributed by atoms with Gasteiger partial charge in [0.25, 0.3) is 0 Å². The number of benzene rings is 1. The quantitative estimate of drug-likeness (QED) is 0.712. The molecule has 0 saturated carbocycles. The van der Waals surface area contributed by atoms with E-state index in [9.17, 15) is 14.7 Å². The number of carboxylic acids is 1. The molecule has 20 heavy (non-hydrogen) atoms. The maximum Gasteiger partial charge on any atom is 0.394 e. The van der Waals surface area contributed by atoms with Crippen molar-refractivity contribution >= 4 is 29.2 Å². The van der Waals surface area contributed by atoms with Crippen molar-refractivity contribution in [2.75, 3.05) is 18.0 Å². The van der Waals surface area contributed by atoms with E-state index in [1.807, 2.05) is 11.0 Å². The highest BCUT2D eigenvalue weighted by molar-refractivity contribution is 6.31. The molecule has 108 valence electrons. The molecule has 1 atom stereocenters. The average molecular weight is 299 g/mol. The third-order valence-electron chi connectivity index (χ3n) is 3.18. The molecule has 1 unspecified atom stereocenters. The van der Waals surface area contributed by atoms with Crippen LogP contribution in [0.1, 0.15) is 12.0 Å². The number of nitrogens with zero attached hydrogens (tertiary/aromatic N) is 1. The Morgan fingerprint density at radius 1 is 1.45 bits per heavy atom. The standard InChI is InChI=1S/C13H15ClN2O4/c14-9-1-2-11(16-4-3-10(17)7-16)8(5-9)6-15-12(18)13(19)20/h1-2,5,10,17H,3-4,6-7H2,(H,15,18)(H,19,20). The molecule has 7 heteroatoms. The van der Waals surface area contributed by atoms with E-state index in [4.69, 9.17) is 16.7 Å². The molecule has 1 aromatic rings. The van der Waals surface area contributed by atoms with Crippen LogP contribution in [0.3, 0.4) is 0 Å². The first-order valence-electron chi connectivity index (χ1n) is 6.20. The van der Waals surface area contributed by atoms with E-state index in [1.165, 1.54) is 0 Å². The number of hydrogen-bond acceptors (Lipinski definition) is 4. The van der Waals surface area contributed by atoms with E-state index in [1.54, 1.807) is 12.1 Å². The monoisotopic (exact) mass is 298 g/mol. The molecule has 0 spiro atoms. The number of hydrogen-bond donors (Lipinski definition) is 3. The first-order valence-corrected chi connectivity index (χ1v) is 6.57. The number of aliphatic carboxylic acids is 1. The third kappa shape index (κ3) is 3.40. The third-order valence-corrected chi connectivity index (χ3v) is 3.41. The number of β-amino-alcohol motifs (C(OH)–C–C–N with tert-alkyl or cyclic N) is 1. The smallest absolute Gasteiger partial charge is 0.394 e. The zero-order chi connectivity index (χ0) is 14.7. The largest absolute Gasteiger partial charge is 0.474 e. The fourth-order valence-electron chi connectivity index (χ4n) is 2.22. The Bertz CT molecular complexity index is 535. The number of carbonyl (C=O) groups is 2. The molecule has 0 aromatic heterocycles. The predicted octanol–water partition coefficient (Wildman–Crippen LogP) is 0.612. The summed E-state index contributed by atoms with van der Waals surface area (Å²) in [7, 11) is 0. The van der Waals surface area contributed by atoms with Gasteiger partial charge in [0, 0.05) is 30.3 Å². The topological polar surface area (TPSA) is 89.9 Å². The van der Waals surface area contributed by atoms with Gasteiger partial charge in [-0.1, -0.05) is 11.6 Å². The molecule has 1 saturated heterocycles. The number of aliphatic hydroxyl groups excluding tert-OH is 1. The average Bonchev–Trinajstić information content (AvgIpc) is 2.82. The summed E-state index contributed by atoms with van der Waals surface area (Å²) in [6, 6.07) is 5.22. The van der Waals surface area contributed by atoms with E-state index in [-0.39, 0.29) is 12.6 Å². The molecule has 2 rings (SSSR count). The number of carboxylic acid groups (broad SMARTS) is 1. The Kier molecular flexibility index (Phi) is 4.46. The molecule has 0 radical (unpaired) electrons. The molecule has 0 aliphatic carbocycles. The van der Waals surface area contributed by atoms with E-state index < -0.39 is 11.9 Å². The number of carbonyl (C=O) groups excluding carboxylic acids is 1. The summed E-state index contributed by atoms with van der Waals surface area (Å²) in [6.45, 7) is 1.30. The van der Waals surface area contributed by atoms with E-state index >= 15 is 0 Å². The predicted molar refractivity (Wildman–Crippen MR) is 73.8 cm³/mol. The zero-order valence-electron chi connectivity index (χ0n) is 10.7. The fraction of sp³-hybridized carbons (Fsp3) is 0.385. The number of amides is 1. The second-order valence-corrected chi connectivity index (χ2v) is 5.09. The minimum Gasteiger partial charge on any atom is -0.474 e. The first kappa shape index (κ1) is 14.6. The Balaban J connectivity index is 2.16. The lowest BCUT2D eigenvalue weighted by Gasteiger charge is -2.22. The van der Waals surface area contributed by atoms with Gasteiger partial charge in [-0.3, -0.25) is 4.79 Å². The lowest BCUT2D eigenvalue weighted by Crippen LogP contribution is -2.31. The summed E-state index contributed by atoms with van der Waals surface area (Å²) in [5, 5.41) is 21.0. The summed E-state index contributed by atoms with van der Waals surface area (Å²) in [6.07, 6.45) is 0.316. The fourth-order valence-corrected chi connectivity index (χ4v) is 2.41. The van der Waals surface area contributed by atoms with Gasteiger partial charge >= 0.3 is 11.9 Å². The Morgan fingerprint density at radius 2 is 2.20 bits per heavy atom. The molecular weight excluding hydrogens is 284 g/mol. The Labute approximate surface area is 121 Å². The summed E-state index contributed by atoms with van der Waals surface area (Å²) in [4.78, 5) is 23.6. The lowest BCUT2D eigenvalue weighted by atomic mass is 10.1. The normalized spacial score (nSPS) is 18.1. The van der Waals surface area contributed by atoms with Gasteiger partial charge in [0.15, 0.2) is 0 Å². The molecule has 6 nitrogen and oxygen atoms in total. The first-order chi connectivity index (χ1) is 9.47. The van der Waals surface area contributed by atoms with Gasteiger partial charge in [0.2, 0.25) is 0 Å². The minimum atomic E-state index is -1.52. The number of rotatable bonds is 3. The van der Waals surface area contributed by atoms with Crippen molar-refractivity contribution in [1.82, 2.24) is 5.32 Å².